The van der Waals surface area contributed by atoms with Gasteiger partial charge in [0.15, 0.2) is 0 Å². The summed E-state index contributed by atoms with van der Waals surface area (Å²) in [5, 5.41) is 16.6. The van der Waals surface area contributed by atoms with Crippen LogP contribution in [0.5, 0.6) is 0 Å². The Morgan fingerprint density at radius 1 is 0.500 bits per heavy atom. The first-order valence-electron chi connectivity index (χ1n) is 10.3. The van der Waals surface area contributed by atoms with Crippen molar-refractivity contribution in [2.75, 3.05) is 6.16 Å². The van der Waals surface area contributed by atoms with Gasteiger partial charge in [0.05, 0.1) is 5.85 Å². The number of aliphatic hydroxyl groups excluding tert-OH is 1. The topological polar surface area (TPSA) is 20.2 Å². The van der Waals surface area contributed by atoms with Gasteiger partial charge in [-0.15, -0.1) is 0 Å². The third-order valence-electron chi connectivity index (χ3n) is 5.11. The normalized spacial score (nSPS) is 12.2. The Balaban J connectivity index is 1.59. The number of aliphatic hydroxyl groups is 1. The maximum atomic E-state index is 11.4. The second-order valence-electron chi connectivity index (χ2n) is 7.13. The molecule has 150 valence electrons. The molecule has 1 N–H and O–H groups in total. The van der Waals surface area contributed by atoms with Crippen LogP contribution in [0.4, 0.5) is 0 Å². The van der Waals surface area contributed by atoms with Crippen molar-refractivity contribution in [2.24, 2.45) is 0 Å². The predicted octanol–water partition coefficient (Wildman–Crippen LogP) is 4.96. The Morgan fingerprint density at radius 3 is 1.20 bits per heavy atom. The monoisotopic (exact) mass is 428 g/mol. The summed E-state index contributed by atoms with van der Waals surface area (Å²) in [5.41, 5.74) is 0. The predicted molar refractivity (Wildman–Crippen MR) is 134 cm³/mol. The molecular formula is C27H26OP2. The van der Waals surface area contributed by atoms with Crippen LogP contribution < -0.4 is 21.2 Å². The van der Waals surface area contributed by atoms with Gasteiger partial charge in [-0.1, -0.05) is 121 Å². The van der Waals surface area contributed by atoms with Crippen LogP contribution in [0.2, 0.25) is 0 Å². The SMILES string of the molecule is O[C@@H](CCP(c1ccccc1)c1ccccc1)P(c1ccccc1)c1ccccc1. The van der Waals surface area contributed by atoms with Gasteiger partial charge in [-0.05, 0) is 49.6 Å². The van der Waals surface area contributed by atoms with Crippen LogP contribution >= 0.6 is 15.8 Å². The van der Waals surface area contributed by atoms with Crippen LogP contribution in [-0.4, -0.2) is 17.1 Å². The van der Waals surface area contributed by atoms with E-state index in [0.29, 0.717) is 0 Å². The number of hydrogen-bond donors (Lipinski definition) is 1. The first-order valence-corrected chi connectivity index (χ1v) is 13.2. The van der Waals surface area contributed by atoms with E-state index in [9.17, 15) is 5.11 Å². The third-order valence-corrected chi connectivity index (χ3v) is 10.2. The van der Waals surface area contributed by atoms with Crippen molar-refractivity contribution in [3.8, 4) is 0 Å². The third kappa shape index (κ3) is 5.24. The minimum Gasteiger partial charge on any atom is -0.388 e. The molecule has 0 unspecified atom stereocenters. The second kappa shape index (κ2) is 10.6. The highest BCUT2D eigenvalue weighted by atomic mass is 31.1. The largest absolute Gasteiger partial charge is 0.388 e. The molecule has 0 aliphatic carbocycles. The molecule has 0 fully saturated rings. The Labute approximate surface area is 181 Å². The van der Waals surface area contributed by atoms with Gasteiger partial charge >= 0.3 is 0 Å². The molecule has 1 nitrogen and oxygen atoms in total. The Hall–Kier alpha value is -2.30. The highest BCUT2D eigenvalue weighted by Crippen LogP contribution is 2.43. The Kier molecular flexibility index (Phi) is 7.44. The number of rotatable bonds is 8. The average molecular weight is 428 g/mol. The lowest BCUT2D eigenvalue weighted by molar-refractivity contribution is 0.256. The van der Waals surface area contributed by atoms with E-state index < -0.39 is 15.8 Å². The van der Waals surface area contributed by atoms with Gasteiger partial charge in [-0.3, -0.25) is 0 Å². The van der Waals surface area contributed by atoms with Crippen molar-refractivity contribution in [1.29, 1.82) is 0 Å². The standard InChI is InChI=1S/C27H26OP2/c28-27(30(25-17-9-3-10-18-25)26-19-11-4-12-20-26)21-22-29(23-13-5-1-6-14-23)24-15-7-2-8-16-24/h1-20,27-28H,21-22H2/t27-/m1/s1. The zero-order valence-electron chi connectivity index (χ0n) is 16.9. The van der Waals surface area contributed by atoms with E-state index in [1.54, 1.807) is 0 Å². The molecule has 3 heteroatoms. The highest BCUT2D eigenvalue weighted by molar-refractivity contribution is 7.74. The van der Waals surface area contributed by atoms with Gasteiger partial charge in [0.25, 0.3) is 0 Å². The van der Waals surface area contributed by atoms with Crippen molar-refractivity contribution in [3.63, 3.8) is 0 Å². The van der Waals surface area contributed by atoms with Crippen molar-refractivity contribution in [2.45, 2.75) is 12.3 Å². The van der Waals surface area contributed by atoms with Gasteiger partial charge in [0, 0.05) is 0 Å². The maximum Gasteiger partial charge on any atom is 0.0817 e. The molecule has 0 aromatic heterocycles. The molecule has 1 atom stereocenters. The lowest BCUT2D eigenvalue weighted by atomic mass is 10.4. The van der Waals surface area contributed by atoms with E-state index in [2.05, 4.69) is 109 Å². The van der Waals surface area contributed by atoms with E-state index >= 15 is 0 Å². The minimum atomic E-state index is -0.815. The van der Waals surface area contributed by atoms with E-state index in [1.165, 1.54) is 21.2 Å². The average Bonchev–Trinajstić information content (AvgIpc) is 2.82. The highest BCUT2D eigenvalue weighted by Gasteiger charge is 2.24. The fourth-order valence-electron chi connectivity index (χ4n) is 3.67. The van der Waals surface area contributed by atoms with Crippen molar-refractivity contribution >= 4 is 37.1 Å². The van der Waals surface area contributed by atoms with Gasteiger partial charge in [0.2, 0.25) is 0 Å². The molecule has 0 aliphatic rings. The fourth-order valence-corrected chi connectivity index (χ4v) is 8.61. The van der Waals surface area contributed by atoms with Crippen LogP contribution in [0.1, 0.15) is 6.42 Å². The summed E-state index contributed by atoms with van der Waals surface area (Å²) in [6.07, 6.45) is 1.76. The minimum absolute atomic E-state index is 0.373. The molecule has 0 heterocycles. The molecule has 0 aliphatic heterocycles. The van der Waals surface area contributed by atoms with E-state index in [0.717, 1.165) is 12.6 Å². The molecule has 30 heavy (non-hydrogen) atoms. The summed E-state index contributed by atoms with van der Waals surface area (Å²) in [5.74, 6) is -0.373. The van der Waals surface area contributed by atoms with Gasteiger partial charge < -0.3 is 5.11 Å². The van der Waals surface area contributed by atoms with Crippen LogP contribution in [0, 0.1) is 0 Å². The van der Waals surface area contributed by atoms with Crippen LogP contribution in [-0.2, 0) is 0 Å². The fraction of sp³-hybridized carbons (Fsp3) is 0.111. The zero-order chi connectivity index (χ0) is 20.6. The van der Waals surface area contributed by atoms with Gasteiger partial charge in [-0.2, -0.15) is 0 Å². The molecule has 0 amide bonds. The summed E-state index contributed by atoms with van der Waals surface area (Å²) in [6, 6.07) is 42.5. The Bertz CT molecular complexity index is 929. The lowest BCUT2D eigenvalue weighted by Gasteiger charge is -2.27. The smallest absolute Gasteiger partial charge is 0.0817 e. The quantitative estimate of drug-likeness (QED) is 0.394. The molecule has 4 aromatic carbocycles. The van der Waals surface area contributed by atoms with Crippen LogP contribution in [0.15, 0.2) is 121 Å². The van der Waals surface area contributed by atoms with Crippen LogP contribution in [0.25, 0.3) is 0 Å². The molecule has 0 bridgehead atoms. The van der Waals surface area contributed by atoms with Gasteiger partial charge in [0.1, 0.15) is 0 Å². The molecule has 0 saturated heterocycles. The lowest BCUT2D eigenvalue weighted by Crippen LogP contribution is -2.23. The van der Waals surface area contributed by atoms with Crippen molar-refractivity contribution < 1.29 is 5.11 Å². The molecule has 0 spiro atoms. The van der Waals surface area contributed by atoms with Crippen molar-refractivity contribution in [3.05, 3.63) is 121 Å². The Morgan fingerprint density at radius 2 is 0.833 bits per heavy atom. The molecule has 4 rings (SSSR count). The van der Waals surface area contributed by atoms with Gasteiger partial charge in [-0.25, -0.2) is 0 Å². The summed E-state index contributed by atoms with van der Waals surface area (Å²) in [4.78, 5) is 0. The number of benzene rings is 4. The summed E-state index contributed by atoms with van der Waals surface area (Å²) in [7, 11) is -1.31. The molecular weight excluding hydrogens is 402 g/mol. The van der Waals surface area contributed by atoms with E-state index in [4.69, 9.17) is 0 Å². The number of hydrogen-bond acceptors (Lipinski definition) is 1. The van der Waals surface area contributed by atoms with E-state index in [1.807, 2.05) is 12.1 Å². The zero-order valence-corrected chi connectivity index (χ0v) is 18.7. The van der Waals surface area contributed by atoms with E-state index in [-0.39, 0.29) is 5.85 Å². The summed E-state index contributed by atoms with van der Waals surface area (Å²) in [6.45, 7) is 0. The molecule has 0 saturated carbocycles. The second-order valence-corrected chi connectivity index (χ2v) is 11.8. The maximum absolute atomic E-state index is 11.4. The molecule has 4 aromatic rings. The summed E-state index contributed by atoms with van der Waals surface area (Å²) >= 11 is 0. The summed E-state index contributed by atoms with van der Waals surface area (Å²) < 4.78 is 0. The molecule has 0 radical (unpaired) electrons. The first-order chi connectivity index (χ1) is 14.8. The van der Waals surface area contributed by atoms with Crippen LogP contribution in [0.3, 0.4) is 0 Å². The van der Waals surface area contributed by atoms with Crippen molar-refractivity contribution in [1.82, 2.24) is 0 Å². The first kappa shape index (κ1) is 21.0.